The van der Waals surface area contributed by atoms with Gasteiger partial charge in [-0.25, -0.2) is 0 Å². The zero-order chi connectivity index (χ0) is 11.4. The SMILES string of the molecule is CC(C)[N+](C)(C)CC[N+](C)(C)CC[NH3+]. The molecule has 0 aliphatic heterocycles. The molecule has 3 nitrogen and oxygen atoms in total. The Morgan fingerprint density at radius 1 is 0.929 bits per heavy atom. The Balaban J connectivity index is 4.04. The first kappa shape index (κ1) is 13.9. The van der Waals surface area contributed by atoms with Crippen molar-refractivity contribution in [1.82, 2.24) is 0 Å². The lowest BCUT2D eigenvalue weighted by molar-refractivity contribution is -0.958. The van der Waals surface area contributed by atoms with E-state index in [2.05, 4.69) is 47.8 Å². The third-order valence-electron chi connectivity index (χ3n) is 3.44. The molecule has 0 amide bonds. The molecule has 0 radical (unpaired) electrons. The highest BCUT2D eigenvalue weighted by molar-refractivity contribution is 4.41. The van der Waals surface area contributed by atoms with Crippen molar-refractivity contribution in [2.75, 3.05) is 54.4 Å². The largest absolute Gasteiger partial charge is 0.353 e. The van der Waals surface area contributed by atoms with Gasteiger partial charge in [-0.15, -0.1) is 0 Å². The smallest absolute Gasteiger partial charge is 0.128 e. The molecule has 0 aliphatic rings. The Morgan fingerprint density at radius 3 is 1.79 bits per heavy atom. The first-order valence-electron chi connectivity index (χ1n) is 5.65. The van der Waals surface area contributed by atoms with Gasteiger partial charge in [0.25, 0.3) is 0 Å². The van der Waals surface area contributed by atoms with Crippen LogP contribution in [0.25, 0.3) is 0 Å². The number of hydrogen-bond acceptors (Lipinski definition) is 0. The zero-order valence-electron chi connectivity index (χ0n) is 11.0. The third kappa shape index (κ3) is 4.94. The van der Waals surface area contributed by atoms with Crippen molar-refractivity contribution in [3.63, 3.8) is 0 Å². The highest BCUT2D eigenvalue weighted by Crippen LogP contribution is 2.07. The summed E-state index contributed by atoms with van der Waals surface area (Å²) < 4.78 is 2.21. The van der Waals surface area contributed by atoms with Crippen molar-refractivity contribution in [3.8, 4) is 0 Å². The minimum atomic E-state index is 0.703. The molecule has 86 valence electrons. The molecule has 0 saturated carbocycles. The second-order valence-electron chi connectivity index (χ2n) is 5.83. The van der Waals surface area contributed by atoms with Crippen LogP contribution in [0.1, 0.15) is 13.8 Å². The fraction of sp³-hybridized carbons (Fsp3) is 1.00. The first-order valence-corrected chi connectivity index (χ1v) is 5.65. The van der Waals surface area contributed by atoms with Crippen LogP contribution >= 0.6 is 0 Å². The van der Waals surface area contributed by atoms with Crippen LogP contribution in [0.3, 0.4) is 0 Å². The number of nitrogens with zero attached hydrogens (tertiary/aromatic N) is 2. The van der Waals surface area contributed by atoms with Gasteiger partial charge in [-0.05, 0) is 13.8 Å². The van der Waals surface area contributed by atoms with Gasteiger partial charge in [0.2, 0.25) is 0 Å². The van der Waals surface area contributed by atoms with Crippen molar-refractivity contribution >= 4 is 0 Å². The summed E-state index contributed by atoms with van der Waals surface area (Å²) in [4.78, 5) is 0. The molecule has 0 saturated heterocycles. The molecule has 0 spiro atoms. The Labute approximate surface area is 89.7 Å². The van der Waals surface area contributed by atoms with Gasteiger partial charge in [-0.3, -0.25) is 0 Å². The number of quaternary nitrogens is 3. The first-order chi connectivity index (χ1) is 6.21. The van der Waals surface area contributed by atoms with E-state index in [4.69, 9.17) is 0 Å². The van der Waals surface area contributed by atoms with E-state index in [0.29, 0.717) is 6.04 Å². The van der Waals surface area contributed by atoms with Gasteiger partial charge in [-0.1, -0.05) is 0 Å². The van der Waals surface area contributed by atoms with Gasteiger partial charge in [0, 0.05) is 0 Å². The molecule has 0 rings (SSSR count). The maximum absolute atomic E-state index is 3.93. The highest BCUT2D eigenvalue weighted by Gasteiger charge is 2.24. The van der Waals surface area contributed by atoms with E-state index in [1.807, 2.05) is 0 Å². The van der Waals surface area contributed by atoms with E-state index in [0.717, 1.165) is 15.5 Å². The van der Waals surface area contributed by atoms with Gasteiger partial charge in [0.05, 0.1) is 34.2 Å². The molecule has 0 unspecified atom stereocenters. The maximum Gasteiger partial charge on any atom is 0.128 e. The van der Waals surface area contributed by atoms with Crippen LogP contribution in [0, 0.1) is 0 Å². The molecule has 0 aromatic rings. The molecule has 0 fully saturated rings. The molecule has 0 aromatic carbocycles. The molecule has 0 aromatic heterocycles. The Hall–Kier alpha value is -0.120. The van der Waals surface area contributed by atoms with E-state index >= 15 is 0 Å². The molecule has 0 aliphatic carbocycles. The number of hydrogen-bond donors (Lipinski definition) is 1. The van der Waals surface area contributed by atoms with Crippen LogP contribution < -0.4 is 5.73 Å². The molecule has 0 heterocycles. The van der Waals surface area contributed by atoms with E-state index in [-0.39, 0.29) is 0 Å². The fourth-order valence-corrected chi connectivity index (χ4v) is 1.33. The van der Waals surface area contributed by atoms with Crippen molar-refractivity contribution in [3.05, 3.63) is 0 Å². The number of rotatable bonds is 6. The normalized spacial score (nSPS) is 13.7. The van der Waals surface area contributed by atoms with Crippen LogP contribution in [0.4, 0.5) is 0 Å². The van der Waals surface area contributed by atoms with Gasteiger partial charge < -0.3 is 14.7 Å². The average molecular weight is 204 g/mol. The Kier molecular flexibility index (Phi) is 5.06. The second-order valence-corrected chi connectivity index (χ2v) is 5.83. The Morgan fingerprint density at radius 2 is 1.43 bits per heavy atom. The van der Waals surface area contributed by atoms with Crippen LogP contribution in [-0.4, -0.2) is 69.4 Å². The molecule has 0 bridgehead atoms. The standard InChI is InChI=1S/C11H29N3/c1-11(2)14(5,6)10-9-13(3,4)8-7-12/h11H,7-10,12H2,1-6H3/q+2/p+1. The summed E-state index contributed by atoms with van der Waals surface area (Å²) in [5.74, 6) is 0. The lowest BCUT2D eigenvalue weighted by Crippen LogP contribution is -2.60. The van der Waals surface area contributed by atoms with Gasteiger partial charge >= 0.3 is 0 Å². The van der Waals surface area contributed by atoms with E-state index in [1.165, 1.54) is 19.6 Å². The monoisotopic (exact) mass is 204 g/mol. The molecular formula is C11H30N3+3. The van der Waals surface area contributed by atoms with Crippen molar-refractivity contribution in [2.24, 2.45) is 0 Å². The van der Waals surface area contributed by atoms with Gasteiger partial charge in [-0.2, -0.15) is 0 Å². The minimum absolute atomic E-state index is 0.703. The molecule has 3 N–H and O–H groups in total. The molecule has 14 heavy (non-hydrogen) atoms. The lowest BCUT2D eigenvalue weighted by atomic mass is 10.2. The molecule has 0 atom stereocenters. The predicted molar refractivity (Wildman–Crippen MR) is 61.7 cm³/mol. The van der Waals surface area contributed by atoms with E-state index in [9.17, 15) is 0 Å². The topological polar surface area (TPSA) is 27.6 Å². The predicted octanol–water partition coefficient (Wildman–Crippen LogP) is -0.210. The number of likely N-dealkylation sites (N-methyl/N-ethyl adjacent to an activating group) is 2. The Bertz CT molecular complexity index is 162. The van der Waals surface area contributed by atoms with Crippen molar-refractivity contribution in [2.45, 2.75) is 19.9 Å². The highest BCUT2D eigenvalue weighted by atomic mass is 15.4. The van der Waals surface area contributed by atoms with Crippen LogP contribution in [0.15, 0.2) is 0 Å². The minimum Gasteiger partial charge on any atom is -0.353 e. The summed E-state index contributed by atoms with van der Waals surface area (Å²) in [5.41, 5.74) is 3.93. The summed E-state index contributed by atoms with van der Waals surface area (Å²) in [6.07, 6.45) is 0. The molecule has 3 heteroatoms. The van der Waals surface area contributed by atoms with Crippen molar-refractivity contribution < 1.29 is 14.7 Å². The van der Waals surface area contributed by atoms with Crippen LogP contribution in [0.5, 0.6) is 0 Å². The van der Waals surface area contributed by atoms with E-state index in [1.54, 1.807) is 0 Å². The summed E-state index contributed by atoms with van der Waals surface area (Å²) >= 11 is 0. The van der Waals surface area contributed by atoms with Crippen molar-refractivity contribution in [1.29, 1.82) is 0 Å². The average Bonchev–Trinajstić information content (AvgIpc) is 2.01. The fourth-order valence-electron chi connectivity index (χ4n) is 1.33. The van der Waals surface area contributed by atoms with Gasteiger partial charge in [0.15, 0.2) is 0 Å². The summed E-state index contributed by atoms with van der Waals surface area (Å²) in [7, 11) is 9.22. The maximum atomic E-state index is 3.93. The molecular weight excluding hydrogens is 174 g/mol. The second kappa shape index (κ2) is 5.10. The zero-order valence-corrected chi connectivity index (χ0v) is 11.0. The van der Waals surface area contributed by atoms with Gasteiger partial charge in [0.1, 0.15) is 26.2 Å². The van der Waals surface area contributed by atoms with Crippen LogP contribution in [-0.2, 0) is 0 Å². The van der Waals surface area contributed by atoms with E-state index < -0.39 is 0 Å². The third-order valence-corrected chi connectivity index (χ3v) is 3.44. The summed E-state index contributed by atoms with van der Waals surface area (Å²) in [6.45, 7) is 9.27. The summed E-state index contributed by atoms with van der Waals surface area (Å²) in [6, 6.07) is 0.703. The quantitative estimate of drug-likeness (QED) is 0.580. The van der Waals surface area contributed by atoms with Crippen LogP contribution in [0.2, 0.25) is 0 Å². The summed E-state index contributed by atoms with van der Waals surface area (Å²) in [5, 5.41) is 0. The lowest BCUT2D eigenvalue weighted by Gasteiger charge is -2.37.